The lowest BCUT2D eigenvalue weighted by atomic mass is 10.1. The molecular formula is C19H18ClF3N2O3S. The summed E-state index contributed by atoms with van der Waals surface area (Å²) in [6.45, 7) is 1.31. The third-order valence-electron chi connectivity index (χ3n) is 4.78. The molecule has 0 N–H and O–H groups in total. The molecule has 156 valence electrons. The van der Waals surface area contributed by atoms with Crippen LogP contribution in [0.1, 0.15) is 18.1 Å². The number of hydrogen-bond acceptors (Lipinski definition) is 3. The van der Waals surface area contributed by atoms with Crippen molar-refractivity contribution in [1.82, 2.24) is 4.31 Å². The Morgan fingerprint density at radius 3 is 2.55 bits per heavy atom. The van der Waals surface area contributed by atoms with Gasteiger partial charge in [-0.3, -0.25) is 4.79 Å². The molecule has 0 aliphatic carbocycles. The molecule has 2 aromatic rings. The first-order valence-corrected chi connectivity index (χ1v) is 10.5. The van der Waals surface area contributed by atoms with Crippen molar-refractivity contribution in [3.8, 4) is 0 Å². The van der Waals surface area contributed by atoms with Gasteiger partial charge in [0.05, 0.1) is 17.1 Å². The summed E-state index contributed by atoms with van der Waals surface area (Å²) in [5.74, 6) is -0.475. The van der Waals surface area contributed by atoms with Crippen LogP contribution in [0.25, 0.3) is 0 Å². The second-order valence-electron chi connectivity index (χ2n) is 6.85. The van der Waals surface area contributed by atoms with Crippen LogP contribution in [-0.2, 0) is 27.4 Å². The lowest BCUT2D eigenvalue weighted by Gasteiger charge is -2.26. The molecule has 1 aliphatic heterocycles. The van der Waals surface area contributed by atoms with Crippen LogP contribution < -0.4 is 4.90 Å². The van der Waals surface area contributed by atoms with Gasteiger partial charge in [-0.15, -0.1) is 0 Å². The number of para-hydroxylation sites is 1. The molecule has 5 nitrogen and oxygen atoms in total. The molecule has 0 bridgehead atoms. The third-order valence-corrected chi connectivity index (χ3v) is 7.07. The van der Waals surface area contributed by atoms with Crippen molar-refractivity contribution in [3.05, 3.63) is 58.6 Å². The lowest BCUT2D eigenvalue weighted by molar-refractivity contribution is -0.137. The molecule has 3 rings (SSSR count). The number of anilines is 1. The van der Waals surface area contributed by atoms with Gasteiger partial charge in [-0.25, -0.2) is 8.42 Å². The molecule has 1 amide bonds. The molecule has 0 saturated heterocycles. The van der Waals surface area contributed by atoms with Crippen LogP contribution in [0.2, 0.25) is 5.02 Å². The number of likely N-dealkylation sites (N-methyl/N-ethyl adjacent to an activating group) is 1. The van der Waals surface area contributed by atoms with Gasteiger partial charge < -0.3 is 4.90 Å². The zero-order valence-electron chi connectivity index (χ0n) is 15.6. The molecule has 2 aromatic carbocycles. The Morgan fingerprint density at radius 1 is 1.24 bits per heavy atom. The quantitative estimate of drug-likeness (QED) is 0.714. The highest BCUT2D eigenvalue weighted by Crippen LogP contribution is 2.35. The fourth-order valence-corrected chi connectivity index (χ4v) is 4.96. The molecule has 0 radical (unpaired) electrons. The standard InChI is InChI=1S/C19H18ClF3N2O3S/c1-12-9-13-5-3-4-6-16(13)25(12)18(26)11-24(2)29(27,28)17-10-14(19(21,22)23)7-8-15(17)20/h3-8,10,12H,9,11H2,1-2H3. The fraction of sp³-hybridized carbons (Fsp3) is 0.316. The van der Waals surface area contributed by atoms with E-state index in [1.54, 1.807) is 12.1 Å². The number of carbonyl (C=O) groups excluding carboxylic acids is 1. The number of halogens is 4. The Kier molecular flexibility index (Phi) is 5.68. The van der Waals surface area contributed by atoms with Crippen LogP contribution in [0, 0.1) is 0 Å². The van der Waals surface area contributed by atoms with E-state index >= 15 is 0 Å². The number of hydrogen-bond donors (Lipinski definition) is 0. The van der Waals surface area contributed by atoms with Crippen molar-refractivity contribution in [1.29, 1.82) is 0 Å². The first-order chi connectivity index (χ1) is 13.4. The minimum absolute atomic E-state index is 0.159. The molecule has 0 fully saturated rings. The van der Waals surface area contributed by atoms with E-state index in [0.29, 0.717) is 28.5 Å². The zero-order chi connectivity index (χ0) is 21.6. The van der Waals surface area contributed by atoms with Crippen molar-refractivity contribution in [2.45, 2.75) is 30.5 Å². The first kappa shape index (κ1) is 21.6. The molecule has 0 spiro atoms. The molecular weight excluding hydrogens is 429 g/mol. The van der Waals surface area contributed by atoms with Gasteiger partial charge in [-0.1, -0.05) is 29.8 Å². The predicted octanol–water partition coefficient (Wildman–Crippen LogP) is 3.96. The van der Waals surface area contributed by atoms with Crippen molar-refractivity contribution in [3.63, 3.8) is 0 Å². The zero-order valence-corrected chi connectivity index (χ0v) is 17.1. The molecule has 10 heteroatoms. The average molecular weight is 447 g/mol. The summed E-state index contributed by atoms with van der Waals surface area (Å²) in [7, 11) is -3.28. The van der Waals surface area contributed by atoms with E-state index in [9.17, 15) is 26.4 Å². The summed E-state index contributed by atoms with van der Waals surface area (Å²) in [6.07, 6.45) is -4.09. The molecule has 1 atom stereocenters. The van der Waals surface area contributed by atoms with Gasteiger partial charge in [0.25, 0.3) is 0 Å². The average Bonchev–Trinajstić information content (AvgIpc) is 2.96. The van der Waals surface area contributed by atoms with Gasteiger partial charge >= 0.3 is 6.18 Å². The van der Waals surface area contributed by atoms with Gasteiger partial charge in [0, 0.05) is 18.8 Å². The Labute approximate surface area is 171 Å². The highest BCUT2D eigenvalue weighted by atomic mass is 35.5. The second kappa shape index (κ2) is 7.62. The molecule has 1 aliphatic rings. The summed E-state index contributed by atoms with van der Waals surface area (Å²) < 4.78 is 65.3. The van der Waals surface area contributed by atoms with Crippen LogP contribution in [0.5, 0.6) is 0 Å². The summed E-state index contributed by atoms with van der Waals surface area (Å²) in [6, 6.07) is 9.20. The summed E-state index contributed by atoms with van der Waals surface area (Å²) in [5.41, 5.74) is 0.537. The maximum Gasteiger partial charge on any atom is 0.416 e. The SMILES string of the molecule is CC1Cc2ccccc2N1C(=O)CN(C)S(=O)(=O)c1cc(C(F)(F)F)ccc1Cl. The highest BCUT2D eigenvalue weighted by Gasteiger charge is 2.36. The largest absolute Gasteiger partial charge is 0.416 e. The molecule has 1 heterocycles. The normalized spacial score (nSPS) is 16.9. The highest BCUT2D eigenvalue weighted by molar-refractivity contribution is 7.89. The Morgan fingerprint density at radius 2 is 1.90 bits per heavy atom. The summed E-state index contributed by atoms with van der Waals surface area (Å²) >= 11 is 5.86. The number of benzene rings is 2. The third kappa shape index (κ3) is 4.12. The first-order valence-electron chi connectivity index (χ1n) is 8.66. The molecule has 1 unspecified atom stereocenters. The fourth-order valence-electron chi connectivity index (χ4n) is 3.34. The van der Waals surface area contributed by atoms with Crippen LogP contribution in [-0.4, -0.2) is 38.3 Å². The number of rotatable bonds is 4. The Balaban J connectivity index is 1.87. The van der Waals surface area contributed by atoms with Crippen molar-refractivity contribution >= 4 is 33.2 Å². The Bertz CT molecular complexity index is 1060. The van der Waals surface area contributed by atoms with E-state index in [1.165, 1.54) is 4.90 Å². The summed E-state index contributed by atoms with van der Waals surface area (Å²) in [4.78, 5) is 13.6. The van der Waals surface area contributed by atoms with Crippen LogP contribution in [0.4, 0.5) is 18.9 Å². The van der Waals surface area contributed by atoms with Gasteiger partial charge in [0.15, 0.2) is 0 Å². The number of carbonyl (C=O) groups is 1. The van der Waals surface area contributed by atoms with E-state index in [-0.39, 0.29) is 11.1 Å². The van der Waals surface area contributed by atoms with Crippen molar-refractivity contribution in [2.24, 2.45) is 0 Å². The van der Waals surface area contributed by atoms with E-state index < -0.39 is 39.1 Å². The predicted molar refractivity (Wildman–Crippen MR) is 103 cm³/mol. The van der Waals surface area contributed by atoms with E-state index in [2.05, 4.69) is 0 Å². The monoisotopic (exact) mass is 446 g/mol. The number of sulfonamides is 1. The summed E-state index contributed by atoms with van der Waals surface area (Å²) in [5, 5.41) is -0.350. The maximum atomic E-state index is 13.0. The van der Waals surface area contributed by atoms with E-state index in [0.717, 1.165) is 18.7 Å². The Hall–Kier alpha value is -2.10. The smallest absolute Gasteiger partial charge is 0.308 e. The molecule has 29 heavy (non-hydrogen) atoms. The van der Waals surface area contributed by atoms with Crippen LogP contribution in [0.3, 0.4) is 0 Å². The molecule has 0 saturated carbocycles. The minimum atomic E-state index is -4.72. The van der Waals surface area contributed by atoms with E-state index in [4.69, 9.17) is 11.6 Å². The maximum absolute atomic E-state index is 13.0. The number of amides is 1. The van der Waals surface area contributed by atoms with Gasteiger partial charge in [0.1, 0.15) is 4.90 Å². The van der Waals surface area contributed by atoms with Gasteiger partial charge in [-0.05, 0) is 43.2 Å². The van der Waals surface area contributed by atoms with E-state index in [1.807, 2.05) is 19.1 Å². The molecule has 0 aromatic heterocycles. The van der Waals surface area contributed by atoms with Crippen LogP contribution in [0.15, 0.2) is 47.4 Å². The lowest BCUT2D eigenvalue weighted by Crippen LogP contribution is -2.43. The number of fused-ring (bicyclic) bond motifs is 1. The minimum Gasteiger partial charge on any atom is -0.308 e. The van der Waals surface area contributed by atoms with Crippen molar-refractivity contribution < 1.29 is 26.4 Å². The van der Waals surface area contributed by atoms with Gasteiger partial charge in [0.2, 0.25) is 15.9 Å². The topological polar surface area (TPSA) is 57.7 Å². The number of alkyl halides is 3. The second-order valence-corrected chi connectivity index (χ2v) is 9.27. The number of nitrogens with zero attached hydrogens (tertiary/aromatic N) is 2. The van der Waals surface area contributed by atoms with Crippen LogP contribution >= 0.6 is 11.6 Å². The van der Waals surface area contributed by atoms with Gasteiger partial charge in [-0.2, -0.15) is 17.5 Å². The van der Waals surface area contributed by atoms with Crippen molar-refractivity contribution in [2.75, 3.05) is 18.5 Å².